The summed E-state index contributed by atoms with van der Waals surface area (Å²) in [6.07, 6.45) is 0. The molecule has 1 aliphatic heterocycles. The van der Waals surface area contributed by atoms with E-state index in [1.54, 1.807) is 0 Å². The van der Waals surface area contributed by atoms with E-state index < -0.39 is 0 Å². The fourth-order valence-electron chi connectivity index (χ4n) is 3.69. The van der Waals surface area contributed by atoms with Gasteiger partial charge in [0, 0.05) is 42.8 Å². The van der Waals surface area contributed by atoms with Gasteiger partial charge >= 0.3 is 0 Å². The third-order valence-corrected chi connectivity index (χ3v) is 5.33. The van der Waals surface area contributed by atoms with Crippen LogP contribution in [0.3, 0.4) is 0 Å². The second-order valence-corrected chi connectivity index (χ2v) is 7.31. The molecule has 0 radical (unpaired) electrons. The van der Waals surface area contributed by atoms with Crippen molar-refractivity contribution in [2.75, 3.05) is 38.1 Å². The molecule has 1 aliphatic rings. The van der Waals surface area contributed by atoms with Crippen LogP contribution in [0.5, 0.6) is 0 Å². The van der Waals surface area contributed by atoms with Crippen LogP contribution in [-0.2, 0) is 0 Å². The lowest BCUT2D eigenvalue weighted by atomic mass is 10.0. The van der Waals surface area contributed by atoms with Gasteiger partial charge in [-0.15, -0.1) is 0 Å². The van der Waals surface area contributed by atoms with Crippen LogP contribution in [0.1, 0.15) is 29.0 Å². The number of anilines is 1. The van der Waals surface area contributed by atoms with Gasteiger partial charge in [-0.3, -0.25) is 9.89 Å². The molecule has 0 aliphatic carbocycles. The van der Waals surface area contributed by atoms with Crippen LogP contribution in [0.15, 0.2) is 42.5 Å². The Morgan fingerprint density at radius 1 is 1.18 bits per heavy atom. The van der Waals surface area contributed by atoms with E-state index in [4.69, 9.17) is 0 Å². The minimum Gasteiger partial charge on any atom is -0.369 e. The number of hydrogen-bond acceptors (Lipinski definition) is 4. The minimum absolute atomic E-state index is 0.279. The third-order valence-electron chi connectivity index (χ3n) is 5.33. The molecule has 2 aromatic carbocycles. The summed E-state index contributed by atoms with van der Waals surface area (Å²) < 4.78 is 14.0. The average Bonchev–Trinajstić information content (AvgIpc) is 3.13. The number of rotatable bonds is 4. The van der Waals surface area contributed by atoms with Crippen molar-refractivity contribution in [1.29, 1.82) is 0 Å². The number of piperazine rings is 1. The van der Waals surface area contributed by atoms with Crippen LogP contribution in [0.25, 0.3) is 10.9 Å². The van der Waals surface area contributed by atoms with Gasteiger partial charge in [-0.25, -0.2) is 4.39 Å². The second-order valence-electron chi connectivity index (χ2n) is 7.31. The second kappa shape index (κ2) is 7.59. The number of hydrogen-bond donors (Lipinski definition) is 2. The zero-order valence-electron chi connectivity index (χ0n) is 16.1. The number of nitrogens with zero attached hydrogens (tertiary/aromatic N) is 3. The van der Waals surface area contributed by atoms with E-state index in [1.807, 2.05) is 37.3 Å². The smallest absolute Gasteiger partial charge is 0.272 e. The number of para-hydroxylation sites is 1. The molecule has 28 heavy (non-hydrogen) atoms. The number of carbonyl (C=O) groups is 1. The zero-order chi connectivity index (χ0) is 19.7. The Hall–Kier alpha value is -2.93. The van der Waals surface area contributed by atoms with Crippen molar-refractivity contribution in [1.82, 2.24) is 20.4 Å². The molecule has 1 atom stereocenters. The highest BCUT2D eigenvalue weighted by molar-refractivity contribution is 6.04. The fourth-order valence-corrected chi connectivity index (χ4v) is 3.69. The molecule has 3 aromatic rings. The van der Waals surface area contributed by atoms with Crippen LogP contribution < -0.4 is 10.2 Å². The van der Waals surface area contributed by atoms with Crippen LogP contribution in [0.4, 0.5) is 10.1 Å². The summed E-state index contributed by atoms with van der Waals surface area (Å²) in [4.78, 5) is 17.3. The monoisotopic (exact) mass is 381 g/mol. The predicted octanol–water partition coefficient (Wildman–Crippen LogP) is 2.94. The Morgan fingerprint density at radius 2 is 1.93 bits per heavy atom. The number of aromatic nitrogens is 2. The summed E-state index contributed by atoms with van der Waals surface area (Å²) in [5.74, 6) is -0.585. The maximum Gasteiger partial charge on any atom is 0.272 e. The van der Waals surface area contributed by atoms with Crippen LogP contribution in [0.2, 0.25) is 0 Å². The predicted molar refractivity (Wildman–Crippen MR) is 108 cm³/mol. The molecular formula is C21H24FN5O. The molecule has 0 bridgehead atoms. The Bertz CT molecular complexity index is 993. The summed E-state index contributed by atoms with van der Waals surface area (Å²) in [7, 11) is 2.10. The molecule has 2 N–H and O–H groups in total. The van der Waals surface area contributed by atoms with Crippen LogP contribution in [0, 0.1) is 5.82 Å². The Balaban J connectivity index is 1.58. The number of benzene rings is 2. The van der Waals surface area contributed by atoms with E-state index >= 15 is 0 Å². The minimum atomic E-state index is -0.353. The van der Waals surface area contributed by atoms with Crippen molar-refractivity contribution in [2.24, 2.45) is 0 Å². The molecule has 1 fully saturated rings. The van der Waals surface area contributed by atoms with E-state index in [9.17, 15) is 9.18 Å². The topological polar surface area (TPSA) is 64.3 Å². The van der Waals surface area contributed by atoms with E-state index in [0.717, 1.165) is 48.3 Å². The molecule has 0 saturated carbocycles. The van der Waals surface area contributed by atoms with Gasteiger partial charge in [0.1, 0.15) is 5.82 Å². The molecule has 0 spiro atoms. The lowest BCUT2D eigenvalue weighted by molar-refractivity contribution is 0.0936. The SMILES string of the molecule is CC(NC(=O)c1n[nH]c2ccccc12)c1cc(F)ccc1N1CCN(C)CC1. The number of aromatic amines is 1. The lowest BCUT2D eigenvalue weighted by Crippen LogP contribution is -2.45. The number of amides is 1. The first kappa shape index (κ1) is 18.4. The molecule has 1 aromatic heterocycles. The fraction of sp³-hybridized carbons (Fsp3) is 0.333. The van der Waals surface area contributed by atoms with Gasteiger partial charge in [0.2, 0.25) is 0 Å². The molecule has 4 rings (SSSR count). The van der Waals surface area contributed by atoms with Crippen molar-refractivity contribution in [3.8, 4) is 0 Å². The lowest BCUT2D eigenvalue weighted by Gasteiger charge is -2.36. The highest BCUT2D eigenvalue weighted by Crippen LogP contribution is 2.29. The molecule has 2 heterocycles. The summed E-state index contributed by atoms with van der Waals surface area (Å²) in [6.45, 7) is 5.54. The van der Waals surface area contributed by atoms with Gasteiger partial charge in [-0.05, 0) is 38.2 Å². The van der Waals surface area contributed by atoms with Crippen LogP contribution >= 0.6 is 0 Å². The maximum atomic E-state index is 14.0. The number of carbonyl (C=O) groups excluding carboxylic acids is 1. The summed E-state index contributed by atoms with van der Waals surface area (Å²) in [6, 6.07) is 11.9. The quantitative estimate of drug-likeness (QED) is 0.729. The molecule has 146 valence electrons. The van der Waals surface area contributed by atoms with Gasteiger partial charge in [0.25, 0.3) is 5.91 Å². The van der Waals surface area contributed by atoms with Gasteiger partial charge in [-0.2, -0.15) is 5.10 Å². The first-order chi connectivity index (χ1) is 13.5. The highest BCUT2D eigenvalue weighted by Gasteiger charge is 2.22. The number of H-pyrrole nitrogens is 1. The first-order valence-corrected chi connectivity index (χ1v) is 9.50. The summed E-state index contributed by atoms with van der Waals surface area (Å²) in [5.41, 5.74) is 2.90. The standard InChI is InChI=1S/C21H24FN5O/c1-14(23-21(28)20-16-5-3-4-6-18(16)24-25-20)17-13-15(22)7-8-19(17)27-11-9-26(2)10-12-27/h3-8,13-14H,9-12H2,1-2H3,(H,23,28)(H,24,25). The van der Waals surface area contributed by atoms with Gasteiger partial charge in [0.15, 0.2) is 5.69 Å². The van der Waals surface area contributed by atoms with Gasteiger partial charge in [-0.1, -0.05) is 18.2 Å². The number of likely N-dealkylation sites (N-methyl/N-ethyl adjacent to an activating group) is 1. The first-order valence-electron chi connectivity index (χ1n) is 9.50. The summed E-state index contributed by atoms with van der Waals surface area (Å²) >= 11 is 0. The van der Waals surface area contributed by atoms with E-state index in [1.165, 1.54) is 12.1 Å². The molecule has 1 unspecified atom stereocenters. The van der Waals surface area contributed by atoms with Crippen LogP contribution in [-0.4, -0.2) is 54.2 Å². The number of halogens is 1. The van der Waals surface area contributed by atoms with Gasteiger partial charge < -0.3 is 15.1 Å². The maximum absolute atomic E-state index is 14.0. The Kier molecular flexibility index (Phi) is 5.00. The van der Waals surface area contributed by atoms with Crippen molar-refractivity contribution in [2.45, 2.75) is 13.0 Å². The molecular weight excluding hydrogens is 357 g/mol. The normalized spacial score (nSPS) is 16.3. The van der Waals surface area contributed by atoms with Crippen molar-refractivity contribution in [3.63, 3.8) is 0 Å². The van der Waals surface area contributed by atoms with E-state index in [2.05, 4.69) is 32.4 Å². The average molecular weight is 381 g/mol. The van der Waals surface area contributed by atoms with Crippen molar-refractivity contribution < 1.29 is 9.18 Å². The third kappa shape index (κ3) is 3.57. The molecule has 7 heteroatoms. The highest BCUT2D eigenvalue weighted by atomic mass is 19.1. The van der Waals surface area contributed by atoms with Crippen molar-refractivity contribution in [3.05, 3.63) is 59.5 Å². The zero-order valence-corrected chi connectivity index (χ0v) is 16.1. The molecule has 1 saturated heterocycles. The van der Waals surface area contributed by atoms with E-state index in [-0.39, 0.29) is 17.8 Å². The largest absolute Gasteiger partial charge is 0.369 e. The Labute approximate surface area is 163 Å². The molecule has 6 nitrogen and oxygen atoms in total. The number of nitrogens with one attached hydrogen (secondary N) is 2. The van der Waals surface area contributed by atoms with Crippen molar-refractivity contribution >= 4 is 22.5 Å². The van der Waals surface area contributed by atoms with E-state index in [0.29, 0.717) is 5.69 Å². The Morgan fingerprint density at radius 3 is 2.71 bits per heavy atom. The summed E-state index contributed by atoms with van der Waals surface area (Å²) in [5, 5.41) is 10.8. The molecule has 1 amide bonds. The van der Waals surface area contributed by atoms with Gasteiger partial charge in [0.05, 0.1) is 11.6 Å². The number of fused-ring (bicyclic) bond motifs is 1.